The summed E-state index contributed by atoms with van der Waals surface area (Å²) in [6, 6.07) is 9.98. The second-order valence-electron chi connectivity index (χ2n) is 4.79. The van der Waals surface area contributed by atoms with Gasteiger partial charge in [0.1, 0.15) is 0 Å². The second-order valence-corrected chi connectivity index (χ2v) is 4.79. The van der Waals surface area contributed by atoms with Gasteiger partial charge in [-0.25, -0.2) is 0 Å². The highest BCUT2D eigenvalue weighted by Gasteiger charge is 2.44. The highest BCUT2D eigenvalue weighted by Crippen LogP contribution is 2.35. The maximum atomic E-state index is 12.4. The molecule has 0 aliphatic carbocycles. The van der Waals surface area contributed by atoms with E-state index in [1.54, 1.807) is 0 Å². The van der Waals surface area contributed by atoms with Crippen molar-refractivity contribution in [1.29, 1.82) is 0 Å². The van der Waals surface area contributed by atoms with Crippen molar-refractivity contribution >= 4 is 5.97 Å². The predicted molar refractivity (Wildman–Crippen MR) is 68.4 cm³/mol. The summed E-state index contributed by atoms with van der Waals surface area (Å²) in [5, 5.41) is 2.01. The molecule has 2 rings (SSSR count). The minimum atomic E-state index is -0.481. The number of hydrogen-bond donors (Lipinski definition) is 1. The predicted octanol–water partition coefficient (Wildman–Crippen LogP) is -2.26. The van der Waals surface area contributed by atoms with E-state index in [1.807, 2.05) is 42.3 Å². The third kappa shape index (κ3) is 3.26. The number of nitrogens with zero attached hydrogens (tertiary/aromatic N) is 1. The first kappa shape index (κ1) is 16.0. The van der Waals surface area contributed by atoms with Gasteiger partial charge in [-0.3, -0.25) is 10.6 Å². The van der Waals surface area contributed by atoms with E-state index in [0.717, 1.165) is 31.5 Å². The molecule has 0 spiro atoms. The van der Waals surface area contributed by atoms with Gasteiger partial charge in [-0.05, 0) is 25.3 Å². The third-order valence-electron chi connectivity index (χ3n) is 3.70. The number of esters is 1. The summed E-state index contributed by atoms with van der Waals surface area (Å²) in [5.41, 5.74) is 0.586. The molecule has 1 aromatic rings. The van der Waals surface area contributed by atoms with Crippen LogP contribution in [0.5, 0.6) is 0 Å². The molecule has 5 heteroatoms. The van der Waals surface area contributed by atoms with Crippen molar-refractivity contribution in [3.8, 4) is 0 Å². The Bertz CT molecular complexity index is 403. The zero-order valence-corrected chi connectivity index (χ0v) is 12.0. The molecule has 106 valence electrons. The van der Waals surface area contributed by atoms with Crippen molar-refractivity contribution in [2.45, 2.75) is 25.2 Å². The molecule has 19 heavy (non-hydrogen) atoms. The van der Waals surface area contributed by atoms with Gasteiger partial charge in [-0.15, -0.1) is 0 Å². The topological polar surface area (TPSA) is 57.2 Å². The van der Waals surface area contributed by atoms with Crippen LogP contribution in [0.15, 0.2) is 30.3 Å². The van der Waals surface area contributed by atoms with Crippen molar-refractivity contribution in [3.05, 3.63) is 35.9 Å². The maximum absolute atomic E-state index is 12.4. The third-order valence-corrected chi connectivity index (χ3v) is 3.70. The lowest BCUT2D eigenvalue weighted by Gasteiger charge is -2.37. The summed E-state index contributed by atoms with van der Waals surface area (Å²) < 4.78 is 5.30. The first-order valence-corrected chi connectivity index (χ1v) is 6.47. The van der Waals surface area contributed by atoms with Gasteiger partial charge in [0.2, 0.25) is 0 Å². The molecule has 1 saturated heterocycles. The Kier molecular flexibility index (Phi) is 5.79. The Labute approximate surface area is 120 Å². The summed E-state index contributed by atoms with van der Waals surface area (Å²) in [4.78, 5) is 12.4. The molecule has 1 aliphatic rings. The Morgan fingerprint density at radius 1 is 1.32 bits per heavy atom. The Balaban J connectivity index is 0.00000180. The van der Waals surface area contributed by atoms with E-state index in [9.17, 15) is 4.79 Å². The molecule has 0 unspecified atom stereocenters. The van der Waals surface area contributed by atoms with Gasteiger partial charge >= 0.3 is 5.97 Å². The van der Waals surface area contributed by atoms with Crippen LogP contribution in [0.4, 0.5) is 0 Å². The van der Waals surface area contributed by atoms with Gasteiger partial charge < -0.3 is 17.1 Å². The van der Waals surface area contributed by atoms with Crippen LogP contribution in [0.2, 0.25) is 0 Å². The minimum absolute atomic E-state index is 0. The van der Waals surface area contributed by atoms with Crippen molar-refractivity contribution in [2.24, 2.45) is 0 Å². The summed E-state index contributed by atoms with van der Waals surface area (Å²) in [5.74, 6) is 3.85. The molecule has 1 heterocycles. The van der Waals surface area contributed by atoms with E-state index >= 15 is 0 Å². The van der Waals surface area contributed by atoms with E-state index in [2.05, 4.69) is 5.84 Å². The fourth-order valence-corrected chi connectivity index (χ4v) is 2.57. The molecule has 0 amide bonds. The number of ether oxygens (including phenoxy) is 1. The zero-order chi connectivity index (χ0) is 13.0. The molecule has 3 N–H and O–H groups in total. The molecular formula is C14H21ClN2O2. The van der Waals surface area contributed by atoms with Crippen LogP contribution in [-0.4, -0.2) is 30.7 Å². The standard InChI is InChI=1S/C14H20N2O2.ClH/c1-2-18-13(17)14(8-10-16(15)11-9-14)12-6-4-3-5-7-12;/h3-7H,2,8-11,15H2,1H3;1H. The normalized spacial score (nSPS) is 18.4. The summed E-state index contributed by atoms with van der Waals surface area (Å²) >= 11 is 0. The number of benzene rings is 1. The van der Waals surface area contributed by atoms with Gasteiger partial charge in [0.05, 0.1) is 12.0 Å². The largest absolute Gasteiger partial charge is 1.00 e. The zero-order valence-electron chi connectivity index (χ0n) is 11.3. The fraction of sp³-hybridized carbons (Fsp3) is 0.500. The van der Waals surface area contributed by atoms with Gasteiger partial charge in [-0.2, -0.15) is 5.01 Å². The van der Waals surface area contributed by atoms with Gasteiger partial charge in [0, 0.05) is 13.1 Å². The van der Waals surface area contributed by atoms with Crippen LogP contribution < -0.4 is 18.2 Å². The second kappa shape index (κ2) is 6.89. The Morgan fingerprint density at radius 3 is 2.42 bits per heavy atom. The lowest BCUT2D eigenvalue weighted by atomic mass is 9.73. The van der Waals surface area contributed by atoms with Crippen molar-refractivity contribution in [3.63, 3.8) is 0 Å². The van der Waals surface area contributed by atoms with E-state index in [0.29, 0.717) is 6.61 Å². The van der Waals surface area contributed by atoms with Crippen LogP contribution in [0, 0.1) is 0 Å². The first-order chi connectivity index (χ1) is 8.69. The van der Waals surface area contributed by atoms with Crippen molar-refractivity contribution < 1.29 is 27.8 Å². The molecule has 0 bridgehead atoms. The van der Waals surface area contributed by atoms with Crippen LogP contribution in [0.25, 0.3) is 0 Å². The van der Waals surface area contributed by atoms with Gasteiger partial charge in [-0.1, -0.05) is 30.3 Å². The lowest BCUT2D eigenvalue weighted by molar-refractivity contribution is -0.578. The highest BCUT2D eigenvalue weighted by atomic mass is 35.5. The quantitative estimate of drug-likeness (QED) is 0.638. The van der Waals surface area contributed by atoms with Gasteiger partial charge in [0.25, 0.3) is 0 Å². The molecule has 1 aliphatic heterocycles. The molecule has 0 aromatic heterocycles. The van der Waals surface area contributed by atoms with Crippen LogP contribution in [0.1, 0.15) is 25.3 Å². The number of carbonyl (C=O) groups is 1. The van der Waals surface area contributed by atoms with E-state index in [4.69, 9.17) is 4.74 Å². The van der Waals surface area contributed by atoms with Crippen LogP contribution in [0.3, 0.4) is 0 Å². The Morgan fingerprint density at radius 2 is 1.89 bits per heavy atom. The lowest BCUT2D eigenvalue weighted by Crippen LogP contribution is -3.00. The van der Waals surface area contributed by atoms with E-state index in [-0.39, 0.29) is 18.4 Å². The van der Waals surface area contributed by atoms with Gasteiger partial charge in [0.15, 0.2) is 0 Å². The van der Waals surface area contributed by atoms with Crippen LogP contribution in [-0.2, 0) is 14.9 Å². The average molecular weight is 285 g/mol. The molecular weight excluding hydrogens is 264 g/mol. The number of quaternary nitrogens is 1. The van der Waals surface area contributed by atoms with E-state index in [1.165, 1.54) is 0 Å². The van der Waals surface area contributed by atoms with Crippen molar-refractivity contribution in [2.75, 3.05) is 19.7 Å². The fourth-order valence-electron chi connectivity index (χ4n) is 2.57. The molecule has 0 radical (unpaired) electrons. The SMILES string of the molecule is CCOC(=O)C1(c2ccccc2)CCN([NH3+])CC1.[Cl-]. The summed E-state index contributed by atoms with van der Waals surface area (Å²) in [6.07, 6.45) is 1.55. The maximum Gasteiger partial charge on any atom is 0.316 e. The average Bonchev–Trinajstić information content (AvgIpc) is 2.41. The molecule has 0 saturated carbocycles. The summed E-state index contributed by atoms with van der Waals surface area (Å²) in [7, 11) is 0. The molecule has 1 aromatic carbocycles. The first-order valence-electron chi connectivity index (χ1n) is 6.47. The molecule has 1 fully saturated rings. The number of piperidine rings is 1. The Hall–Kier alpha value is -1.10. The highest BCUT2D eigenvalue weighted by molar-refractivity contribution is 5.83. The number of rotatable bonds is 3. The smallest absolute Gasteiger partial charge is 0.316 e. The monoisotopic (exact) mass is 284 g/mol. The van der Waals surface area contributed by atoms with Crippen LogP contribution >= 0.6 is 0 Å². The molecule has 4 nitrogen and oxygen atoms in total. The van der Waals surface area contributed by atoms with E-state index < -0.39 is 5.41 Å². The number of hydrogen-bond acceptors (Lipinski definition) is 3. The summed E-state index contributed by atoms with van der Waals surface area (Å²) in [6.45, 7) is 3.94. The van der Waals surface area contributed by atoms with Crippen molar-refractivity contribution in [1.82, 2.24) is 5.01 Å². The number of halogens is 1. The minimum Gasteiger partial charge on any atom is -1.00 e. The molecule has 0 atom stereocenters. The number of carbonyl (C=O) groups excluding carboxylic acids is 1.